The van der Waals surface area contributed by atoms with Crippen LogP contribution in [0.1, 0.15) is 11.1 Å². The first-order valence-electron chi connectivity index (χ1n) is 8.45. The van der Waals surface area contributed by atoms with Gasteiger partial charge in [0.25, 0.3) is 0 Å². The van der Waals surface area contributed by atoms with Gasteiger partial charge in [-0.2, -0.15) is 0 Å². The van der Waals surface area contributed by atoms with Crippen LogP contribution in [0.4, 0.5) is 0 Å². The average Bonchev–Trinajstić information content (AvgIpc) is 2.71. The van der Waals surface area contributed by atoms with Gasteiger partial charge in [-0.05, 0) is 80.6 Å². The van der Waals surface area contributed by atoms with Gasteiger partial charge in [-0.1, -0.05) is 18.2 Å². The second-order valence-corrected chi connectivity index (χ2v) is 9.11. The second kappa shape index (κ2) is 13.2. The SMILES string of the molecule is COC(=O)CN.COc1ccc(/C=C\c2cc(I)c(OC)c(I)c2)cc1OP(=O)(O)O. The smallest absolute Gasteiger partial charge is 0.495 e. The lowest BCUT2D eigenvalue weighted by molar-refractivity contribution is -0.138. The molecule has 0 unspecified atom stereocenters. The van der Waals surface area contributed by atoms with Gasteiger partial charge in [0.15, 0.2) is 11.5 Å². The van der Waals surface area contributed by atoms with E-state index in [0.717, 1.165) is 18.5 Å². The van der Waals surface area contributed by atoms with Gasteiger partial charge in [0.05, 0.1) is 35.0 Å². The topological polar surface area (TPSA) is 138 Å². The molecule has 0 fully saturated rings. The first-order valence-corrected chi connectivity index (χ1v) is 12.1. The number of halogens is 2. The van der Waals surface area contributed by atoms with Crippen LogP contribution in [-0.2, 0) is 14.1 Å². The molecule has 0 aliphatic heterocycles. The van der Waals surface area contributed by atoms with Gasteiger partial charge in [0.2, 0.25) is 0 Å². The molecule has 0 aliphatic carbocycles. The third kappa shape index (κ3) is 9.74. The van der Waals surface area contributed by atoms with Crippen LogP contribution in [0.15, 0.2) is 30.3 Å². The zero-order valence-electron chi connectivity index (χ0n) is 16.9. The molecule has 0 amide bonds. The number of carbonyl (C=O) groups excluding carboxylic acids is 1. The Labute approximate surface area is 207 Å². The number of hydrogen-bond acceptors (Lipinski definition) is 7. The van der Waals surface area contributed by atoms with Crippen LogP contribution in [-0.4, -0.2) is 43.6 Å². The molecule has 2 aromatic carbocycles. The van der Waals surface area contributed by atoms with Crippen molar-refractivity contribution in [1.29, 1.82) is 0 Å². The van der Waals surface area contributed by atoms with Gasteiger partial charge in [0.1, 0.15) is 5.75 Å². The predicted octanol–water partition coefficient (Wildman–Crippen LogP) is 3.67. The molecule has 0 aliphatic rings. The minimum atomic E-state index is -4.67. The van der Waals surface area contributed by atoms with E-state index in [2.05, 4.69) is 54.4 Å². The fourth-order valence-electron chi connectivity index (χ4n) is 2.14. The van der Waals surface area contributed by atoms with Gasteiger partial charge in [0, 0.05) is 0 Å². The maximum absolute atomic E-state index is 11.1. The maximum Gasteiger partial charge on any atom is 0.524 e. The largest absolute Gasteiger partial charge is 0.524 e. The van der Waals surface area contributed by atoms with Gasteiger partial charge in [-0.15, -0.1) is 0 Å². The molecule has 0 spiro atoms. The Morgan fingerprint density at radius 2 is 1.58 bits per heavy atom. The molecule has 2 aromatic rings. The van der Waals surface area contributed by atoms with E-state index in [0.29, 0.717) is 5.56 Å². The molecule has 0 heterocycles. The Bertz CT molecular complexity index is 948. The summed E-state index contributed by atoms with van der Waals surface area (Å²) in [6, 6.07) is 8.82. The highest BCUT2D eigenvalue weighted by molar-refractivity contribution is 14.1. The van der Waals surface area contributed by atoms with E-state index >= 15 is 0 Å². The summed E-state index contributed by atoms with van der Waals surface area (Å²) in [6.45, 7) is -0.0312. The normalized spacial score (nSPS) is 10.8. The van der Waals surface area contributed by atoms with Crippen molar-refractivity contribution in [3.8, 4) is 17.2 Å². The summed E-state index contributed by atoms with van der Waals surface area (Å²) in [5.74, 6) is 0.682. The van der Waals surface area contributed by atoms with E-state index in [9.17, 15) is 9.36 Å². The van der Waals surface area contributed by atoms with Crippen molar-refractivity contribution in [3.05, 3.63) is 48.6 Å². The molecule has 0 bridgehead atoms. The highest BCUT2D eigenvalue weighted by Crippen LogP contribution is 2.42. The molecule has 4 N–H and O–H groups in total. The van der Waals surface area contributed by atoms with Gasteiger partial charge < -0.3 is 24.5 Å². The zero-order valence-corrected chi connectivity index (χ0v) is 22.1. The fourth-order valence-corrected chi connectivity index (χ4v) is 4.80. The van der Waals surface area contributed by atoms with Gasteiger partial charge >= 0.3 is 13.8 Å². The monoisotopic (exact) mass is 677 g/mol. The van der Waals surface area contributed by atoms with Crippen molar-refractivity contribution in [1.82, 2.24) is 0 Å². The number of phosphoric ester groups is 1. The van der Waals surface area contributed by atoms with E-state index in [4.69, 9.17) is 25.0 Å². The quantitative estimate of drug-likeness (QED) is 0.174. The van der Waals surface area contributed by atoms with E-state index in [1.807, 2.05) is 24.3 Å². The first kappa shape index (κ1) is 27.7. The summed E-state index contributed by atoms with van der Waals surface area (Å²) in [5.41, 5.74) is 6.50. The Morgan fingerprint density at radius 3 is 2.00 bits per heavy atom. The van der Waals surface area contributed by atoms with Gasteiger partial charge in [-0.3, -0.25) is 14.6 Å². The van der Waals surface area contributed by atoms with E-state index in [1.165, 1.54) is 20.3 Å². The number of benzene rings is 2. The lowest BCUT2D eigenvalue weighted by Gasteiger charge is -2.11. The minimum absolute atomic E-state index is 0.0168. The summed E-state index contributed by atoms with van der Waals surface area (Å²) < 4.78 is 32.3. The van der Waals surface area contributed by atoms with Crippen LogP contribution in [0.25, 0.3) is 12.2 Å². The lowest BCUT2D eigenvalue weighted by Crippen LogP contribution is -2.14. The van der Waals surface area contributed by atoms with Crippen molar-refractivity contribution in [2.45, 2.75) is 0 Å². The summed E-state index contributed by atoms with van der Waals surface area (Å²) >= 11 is 4.42. The van der Waals surface area contributed by atoms with Crippen molar-refractivity contribution < 1.29 is 37.9 Å². The van der Waals surface area contributed by atoms with Crippen LogP contribution in [0.5, 0.6) is 17.2 Å². The summed E-state index contributed by atoms with van der Waals surface area (Å²) in [4.78, 5) is 27.8. The standard InChI is InChI=1S/C16H15I2O6P.C3H7NO2/c1-22-14-6-5-10(9-15(14)24-25(19,20)21)3-4-11-7-12(17)16(23-2)13(18)8-11;1-6-3(5)2-4/h3-9H,1-2H3,(H2,19,20,21);2,4H2,1H3/b4-3-;. The van der Waals surface area contributed by atoms with Crippen LogP contribution in [0, 0.1) is 7.14 Å². The molecule has 2 rings (SSSR count). The number of esters is 1. The molecule has 9 nitrogen and oxygen atoms in total. The molecule has 31 heavy (non-hydrogen) atoms. The van der Waals surface area contributed by atoms with Crippen molar-refractivity contribution in [2.75, 3.05) is 27.9 Å². The molecule has 170 valence electrons. The molecule has 0 saturated carbocycles. The van der Waals surface area contributed by atoms with Gasteiger partial charge in [-0.25, -0.2) is 4.57 Å². The fraction of sp³-hybridized carbons (Fsp3) is 0.211. The Morgan fingerprint density at radius 1 is 1.00 bits per heavy atom. The number of ether oxygens (including phenoxy) is 3. The van der Waals surface area contributed by atoms with Crippen molar-refractivity contribution in [3.63, 3.8) is 0 Å². The summed E-state index contributed by atoms with van der Waals surface area (Å²) in [5, 5.41) is 0. The lowest BCUT2D eigenvalue weighted by atomic mass is 10.1. The zero-order chi connectivity index (χ0) is 23.6. The van der Waals surface area contributed by atoms with E-state index in [-0.39, 0.29) is 24.0 Å². The third-order valence-corrected chi connectivity index (χ3v) is 5.53. The van der Waals surface area contributed by atoms with Crippen LogP contribution in [0.3, 0.4) is 0 Å². The molecule has 12 heteroatoms. The molecule has 0 saturated heterocycles. The summed E-state index contributed by atoms with van der Waals surface area (Å²) in [6.07, 6.45) is 3.72. The number of nitrogens with two attached hydrogens (primary N) is 1. The molecular weight excluding hydrogens is 655 g/mol. The maximum atomic E-state index is 11.1. The Hall–Kier alpha value is -1.38. The Kier molecular flexibility index (Phi) is 11.8. The predicted molar refractivity (Wildman–Crippen MR) is 134 cm³/mol. The number of methoxy groups -OCH3 is 3. The minimum Gasteiger partial charge on any atom is -0.495 e. The molecule has 0 atom stereocenters. The molecule has 0 radical (unpaired) electrons. The van der Waals surface area contributed by atoms with Crippen LogP contribution in [0.2, 0.25) is 0 Å². The second-order valence-electron chi connectivity index (χ2n) is 5.62. The highest BCUT2D eigenvalue weighted by Gasteiger charge is 2.19. The number of rotatable bonds is 7. The molecule has 0 aromatic heterocycles. The average molecular weight is 677 g/mol. The first-order chi connectivity index (χ1) is 14.5. The van der Waals surface area contributed by atoms with E-state index < -0.39 is 7.82 Å². The number of hydrogen-bond donors (Lipinski definition) is 3. The summed E-state index contributed by atoms with van der Waals surface area (Å²) in [7, 11) is -0.331. The highest BCUT2D eigenvalue weighted by atomic mass is 127. The van der Waals surface area contributed by atoms with Crippen molar-refractivity contribution in [2.24, 2.45) is 5.73 Å². The Balaban J connectivity index is 0.000000703. The van der Waals surface area contributed by atoms with Crippen molar-refractivity contribution >= 4 is 71.1 Å². The van der Waals surface area contributed by atoms with Crippen LogP contribution >= 0.6 is 53.0 Å². The number of phosphoric acid groups is 1. The van der Waals surface area contributed by atoms with E-state index in [1.54, 1.807) is 19.2 Å². The molecular formula is C19H22I2NO8P. The third-order valence-electron chi connectivity index (χ3n) is 3.49. The van der Waals surface area contributed by atoms with Crippen LogP contribution < -0.4 is 19.7 Å². The number of carbonyl (C=O) groups is 1.